The third-order valence-electron chi connectivity index (χ3n) is 22.3. The number of thiophene rings is 1. The van der Waals surface area contributed by atoms with E-state index in [9.17, 15) is 0 Å². The van der Waals surface area contributed by atoms with E-state index >= 15 is 0 Å². The smallest absolute Gasteiger partial charge is 0.333 e. The number of hydrogen-bond acceptors (Lipinski definition) is 4. The summed E-state index contributed by atoms with van der Waals surface area (Å²) in [5.74, 6) is 0. The van der Waals surface area contributed by atoms with Crippen LogP contribution in [0.3, 0.4) is 0 Å². The molecule has 0 saturated carbocycles. The summed E-state index contributed by atoms with van der Waals surface area (Å²) in [7, 11) is 0. The van der Waals surface area contributed by atoms with E-state index in [1.54, 1.807) is 0 Å². The van der Waals surface area contributed by atoms with Crippen LogP contribution in [-0.4, -0.2) is 6.85 Å². The summed E-state index contributed by atoms with van der Waals surface area (Å²) in [5.41, 5.74) is 27.2. The van der Waals surface area contributed by atoms with Crippen LogP contribution in [0.1, 0.15) is 186 Å². The van der Waals surface area contributed by atoms with Crippen molar-refractivity contribution < 1.29 is 0 Å². The number of para-hydroxylation sites is 1. The Morgan fingerprint density at radius 2 is 1.01 bits per heavy atom. The number of anilines is 8. The minimum absolute atomic E-state index is 0.0156. The van der Waals surface area contributed by atoms with E-state index in [0.717, 1.165) is 36.3 Å². The van der Waals surface area contributed by atoms with Gasteiger partial charge in [-0.25, -0.2) is 0 Å². The molecule has 15 rings (SSSR count). The molecule has 0 atom stereocenters. The Morgan fingerprint density at radius 1 is 0.453 bits per heavy atom. The van der Waals surface area contributed by atoms with Crippen molar-refractivity contribution in [3.05, 3.63) is 202 Å². The first-order chi connectivity index (χ1) is 40.9. The fraction of sp³-hybridized carbons (Fsp3) is 0.358. The molecule has 3 heterocycles. The van der Waals surface area contributed by atoms with Crippen LogP contribution in [0, 0.1) is 6.92 Å². The SMILES string of the molecule is CCCCc1ccc(N(c2ccccc2)c2ccc3c(c2)-c2cc4ccccc4c4c2B(c2cc5c(cc2N4c2cc4c(cc2C)C(C)(C)CCC4(C)C)sc2cc4c(cc25)C(C)(C)CCC4(C)C)N3c2ccc3c(c2)C(C)(C)CCC3(C)C)cc1. The van der Waals surface area contributed by atoms with Crippen LogP contribution in [0.25, 0.3) is 42.1 Å². The van der Waals surface area contributed by atoms with Crippen molar-refractivity contribution in [1.82, 2.24) is 0 Å². The van der Waals surface area contributed by atoms with E-state index in [-0.39, 0.29) is 39.3 Å². The van der Waals surface area contributed by atoms with Gasteiger partial charge in [-0.2, -0.15) is 0 Å². The van der Waals surface area contributed by atoms with Crippen molar-refractivity contribution in [1.29, 1.82) is 0 Å². The van der Waals surface area contributed by atoms with Gasteiger partial charge in [0.2, 0.25) is 0 Å². The third kappa shape index (κ3) is 8.46. The molecule has 0 N–H and O–H groups in total. The van der Waals surface area contributed by atoms with Gasteiger partial charge in [-0.05, 0) is 242 Å². The fourth-order valence-electron chi connectivity index (χ4n) is 16.6. The van der Waals surface area contributed by atoms with Gasteiger partial charge in [0.1, 0.15) is 0 Å². The first-order valence-electron chi connectivity index (χ1n) is 32.5. The lowest BCUT2D eigenvalue weighted by Crippen LogP contribution is -2.61. The van der Waals surface area contributed by atoms with Crippen LogP contribution in [0.5, 0.6) is 0 Å². The van der Waals surface area contributed by atoms with E-state index < -0.39 is 0 Å². The van der Waals surface area contributed by atoms with Crippen molar-refractivity contribution in [2.24, 2.45) is 0 Å². The summed E-state index contributed by atoms with van der Waals surface area (Å²) < 4.78 is 2.75. The Kier molecular flexibility index (Phi) is 12.4. The summed E-state index contributed by atoms with van der Waals surface area (Å²) in [6.07, 6.45) is 10.5. The number of nitrogens with zero attached hydrogens (tertiary/aromatic N) is 3. The molecule has 0 amide bonds. The van der Waals surface area contributed by atoms with Crippen LogP contribution in [0.2, 0.25) is 0 Å². The number of fused-ring (bicyclic) bond motifs is 12. The number of benzene rings is 9. The van der Waals surface area contributed by atoms with Crippen molar-refractivity contribution in [2.75, 3.05) is 14.6 Å². The van der Waals surface area contributed by atoms with E-state index in [0.29, 0.717) is 0 Å². The zero-order valence-electron chi connectivity index (χ0n) is 53.7. The first kappa shape index (κ1) is 55.5. The maximum atomic E-state index is 2.81. The molecule has 0 bridgehead atoms. The van der Waals surface area contributed by atoms with Crippen molar-refractivity contribution in [3.8, 4) is 11.1 Å². The molecule has 3 aliphatic carbocycles. The Morgan fingerprint density at radius 3 is 1.69 bits per heavy atom. The molecule has 0 fully saturated rings. The van der Waals surface area contributed by atoms with Gasteiger partial charge in [-0.15, -0.1) is 11.3 Å². The van der Waals surface area contributed by atoms with Crippen molar-refractivity contribution in [3.63, 3.8) is 0 Å². The Labute approximate surface area is 517 Å². The largest absolute Gasteiger partial charge is 0.376 e. The summed E-state index contributed by atoms with van der Waals surface area (Å²) in [6, 6.07) is 63.3. The van der Waals surface area contributed by atoms with E-state index in [1.165, 1.54) is 164 Å². The van der Waals surface area contributed by atoms with Gasteiger partial charge in [0.15, 0.2) is 0 Å². The standard InChI is InChI=1S/C81H86BN3S/c1-15-16-22-51-27-29-54(30-28-51)83(53-24-18-17-19-25-53)55-32-34-69-58(43-55)61-42-52-23-20-21-26-57(52)75-74(61)82(85(69)56-31-33-62-64(44-56)78(7,8)36-35-76(62,3)4)68-46-60-59-45-65-67(81(13,14)40-38-79(65,9)10)48-72(59)86-73(60)49-71(68)84(75)70-47-66-63(41-50(70)2)77(5,6)37-39-80(66,11)12/h17-21,23-34,41-49H,15-16,22,35-40H2,1-14H3. The Balaban J connectivity index is 1.07. The minimum atomic E-state index is -0.159. The lowest BCUT2D eigenvalue weighted by atomic mass is 9.43. The second-order valence-corrected chi connectivity index (χ2v) is 31.9. The summed E-state index contributed by atoms with van der Waals surface area (Å²) in [4.78, 5) is 8.07. The molecule has 0 unspecified atom stereocenters. The van der Waals surface area contributed by atoms with Gasteiger partial charge in [-0.3, -0.25) is 0 Å². The quantitative estimate of drug-likeness (QED) is 0.140. The van der Waals surface area contributed by atoms with Gasteiger partial charge < -0.3 is 14.6 Å². The second kappa shape index (κ2) is 19.2. The number of aryl methyl sites for hydroxylation is 2. The molecule has 0 radical (unpaired) electrons. The van der Waals surface area contributed by atoms with Crippen LogP contribution >= 0.6 is 11.3 Å². The number of hydrogen-bond donors (Lipinski definition) is 0. The second-order valence-electron chi connectivity index (χ2n) is 30.8. The van der Waals surface area contributed by atoms with Gasteiger partial charge in [0, 0.05) is 70.9 Å². The normalized spacial score (nSPS) is 18.7. The molecule has 5 heteroatoms. The molecule has 3 nitrogen and oxygen atoms in total. The van der Waals surface area contributed by atoms with Gasteiger partial charge >= 0.3 is 6.85 Å². The highest BCUT2D eigenvalue weighted by atomic mass is 32.1. The van der Waals surface area contributed by atoms with E-state index in [2.05, 4.69) is 269 Å². The summed E-state index contributed by atoms with van der Waals surface area (Å²) in [6.45, 7) is 34.3. The first-order valence-corrected chi connectivity index (χ1v) is 33.4. The Hall–Kier alpha value is -7.08. The summed E-state index contributed by atoms with van der Waals surface area (Å²) in [5, 5.41) is 5.31. The molecule has 0 saturated heterocycles. The Bertz CT molecular complexity index is 4440. The number of rotatable bonds is 8. The molecule has 2 aliphatic heterocycles. The highest BCUT2D eigenvalue weighted by Gasteiger charge is 2.49. The molecular weight excluding hydrogens is 1060 g/mol. The van der Waals surface area contributed by atoms with Crippen LogP contribution in [0.4, 0.5) is 45.5 Å². The lowest BCUT2D eigenvalue weighted by molar-refractivity contribution is 0.332. The van der Waals surface area contributed by atoms with Crippen LogP contribution in [0.15, 0.2) is 158 Å². The maximum Gasteiger partial charge on any atom is 0.333 e. The van der Waals surface area contributed by atoms with Crippen molar-refractivity contribution >= 4 is 106 Å². The summed E-state index contributed by atoms with van der Waals surface area (Å²) >= 11 is 2.00. The highest BCUT2D eigenvalue weighted by molar-refractivity contribution is 7.26. The molecule has 86 heavy (non-hydrogen) atoms. The van der Waals surface area contributed by atoms with Gasteiger partial charge in [0.05, 0.1) is 5.69 Å². The van der Waals surface area contributed by atoms with Crippen LogP contribution in [-0.2, 0) is 38.9 Å². The molecule has 9 aromatic carbocycles. The van der Waals surface area contributed by atoms with Gasteiger partial charge in [0.25, 0.3) is 0 Å². The average molecular weight is 1140 g/mol. The average Bonchev–Trinajstić information content (AvgIpc) is 0.887. The zero-order valence-corrected chi connectivity index (χ0v) is 54.5. The molecular formula is C81H86BN3S. The van der Waals surface area contributed by atoms with Crippen molar-refractivity contribution in [2.45, 2.75) is 187 Å². The van der Waals surface area contributed by atoms with E-state index in [4.69, 9.17) is 0 Å². The maximum absolute atomic E-state index is 2.81. The highest BCUT2D eigenvalue weighted by Crippen LogP contribution is 2.57. The van der Waals surface area contributed by atoms with E-state index in [1.807, 2.05) is 11.3 Å². The molecule has 10 aromatic rings. The molecule has 1 aromatic heterocycles. The predicted molar refractivity (Wildman–Crippen MR) is 374 cm³/mol. The number of unbranched alkanes of at least 4 members (excludes halogenated alkanes) is 1. The van der Waals surface area contributed by atoms with Crippen LogP contribution < -0.4 is 25.5 Å². The topological polar surface area (TPSA) is 9.72 Å². The molecule has 434 valence electrons. The zero-order chi connectivity index (χ0) is 59.8. The minimum Gasteiger partial charge on any atom is -0.376 e. The monoisotopic (exact) mass is 1140 g/mol. The predicted octanol–water partition coefficient (Wildman–Crippen LogP) is 22.1. The molecule has 0 spiro atoms. The third-order valence-corrected chi connectivity index (χ3v) is 23.4. The lowest BCUT2D eigenvalue weighted by Gasteiger charge is -2.48. The van der Waals surface area contributed by atoms with Gasteiger partial charge in [-0.1, -0.05) is 169 Å². The fourth-order valence-corrected chi connectivity index (χ4v) is 17.7. The molecule has 5 aliphatic rings.